The van der Waals surface area contributed by atoms with E-state index in [2.05, 4.69) is 5.32 Å². The summed E-state index contributed by atoms with van der Waals surface area (Å²) in [5.41, 5.74) is 1.68. The molecule has 3 aromatic carbocycles. The van der Waals surface area contributed by atoms with Crippen LogP contribution in [-0.4, -0.2) is 63.9 Å². The van der Waals surface area contributed by atoms with Crippen LogP contribution >= 0.6 is 0 Å². The molecular weight excluding hydrogens is 549 g/mol. The zero-order chi connectivity index (χ0) is 29.0. The van der Waals surface area contributed by atoms with Crippen molar-refractivity contribution in [3.63, 3.8) is 0 Å². The lowest BCUT2D eigenvalue weighted by molar-refractivity contribution is -0.129. The van der Waals surface area contributed by atoms with Crippen molar-refractivity contribution < 1.29 is 31.9 Å². The van der Waals surface area contributed by atoms with E-state index in [1.807, 2.05) is 30.3 Å². The van der Waals surface area contributed by atoms with Gasteiger partial charge in [-0.25, -0.2) is 12.8 Å². The topological polar surface area (TPSA) is 105 Å². The SMILES string of the molecule is COc1ccc(F)cc1S(=O)(=O)N1CCC(C(=O)N2C[C@@H](C(=O)NCCc3ccccc3)Oc3ccccc32)CC1. The average Bonchev–Trinajstić information content (AvgIpc) is 3.00. The predicted molar refractivity (Wildman–Crippen MR) is 151 cm³/mol. The fraction of sp³-hybridized carbons (Fsp3) is 0.333. The third kappa shape index (κ3) is 6.20. The third-order valence-electron chi connectivity index (χ3n) is 7.43. The molecule has 0 aliphatic carbocycles. The molecule has 0 spiro atoms. The molecule has 1 saturated heterocycles. The van der Waals surface area contributed by atoms with Gasteiger partial charge in [-0.3, -0.25) is 9.59 Å². The number of nitrogens with zero attached hydrogens (tertiary/aromatic N) is 2. The van der Waals surface area contributed by atoms with Gasteiger partial charge in [0.05, 0.1) is 19.3 Å². The maximum absolute atomic E-state index is 13.9. The number of hydrogen-bond acceptors (Lipinski definition) is 6. The molecule has 11 heteroatoms. The minimum atomic E-state index is -4.03. The number of benzene rings is 3. The second-order valence-electron chi connectivity index (χ2n) is 10.0. The molecule has 0 unspecified atom stereocenters. The Morgan fingerprint density at radius 2 is 1.73 bits per heavy atom. The Labute approximate surface area is 238 Å². The molecule has 1 fully saturated rings. The van der Waals surface area contributed by atoms with Gasteiger partial charge in [0.25, 0.3) is 5.91 Å². The fourth-order valence-electron chi connectivity index (χ4n) is 5.22. The molecule has 1 atom stereocenters. The average molecular weight is 582 g/mol. The number of carbonyl (C=O) groups is 2. The molecule has 0 bridgehead atoms. The molecule has 0 aromatic heterocycles. The van der Waals surface area contributed by atoms with E-state index >= 15 is 0 Å². The molecular formula is C30H32FN3O6S. The molecule has 5 rings (SSSR count). The molecule has 2 amide bonds. The molecule has 216 valence electrons. The second-order valence-corrected chi connectivity index (χ2v) is 11.9. The van der Waals surface area contributed by atoms with Gasteiger partial charge in [-0.15, -0.1) is 0 Å². The zero-order valence-electron chi connectivity index (χ0n) is 22.7. The minimum absolute atomic E-state index is 0.0476. The maximum Gasteiger partial charge on any atom is 0.262 e. The van der Waals surface area contributed by atoms with Crippen LogP contribution in [-0.2, 0) is 26.0 Å². The number of rotatable bonds is 8. The van der Waals surface area contributed by atoms with E-state index in [4.69, 9.17) is 9.47 Å². The van der Waals surface area contributed by atoms with Crippen LogP contribution < -0.4 is 19.7 Å². The van der Waals surface area contributed by atoms with Gasteiger partial charge in [0.2, 0.25) is 15.9 Å². The Bertz CT molecular complexity index is 1510. The van der Waals surface area contributed by atoms with E-state index in [-0.39, 0.29) is 54.9 Å². The highest BCUT2D eigenvalue weighted by atomic mass is 32.2. The molecule has 0 radical (unpaired) electrons. The van der Waals surface area contributed by atoms with E-state index in [0.717, 1.165) is 17.7 Å². The van der Waals surface area contributed by atoms with Crippen LogP contribution in [0, 0.1) is 11.7 Å². The van der Waals surface area contributed by atoms with Crippen molar-refractivity contribution in [1.29, 1.82) is 0 Å². The highest BCUT2D eigenvalue weighted by Crippen LogP contribution is 2.36. The van der Waals surface area contributed by atoms with E-state index < -0.39 is 27.9 Å². The largest absolute Gasteiger partial charge is 0.495 e. The van der Waals surface area contributed by atoms with E-state index in [1.165, 1.54) is 17.5 Å². The van der Waals surface area contributed by atoms with E-state index in [9.17, 15) is 22.4 Å². The molecule has 0 saturated carbocycles. The Hall–Kier alpha value is -3.96. The van der Waals surface area contributed by atoms with Crippen molar-refractivity contribution in [1.82, 2.24) is 9.62 Å². The van der Waals surface area contributed by atoms with Gasteiger partial charge >= 0.3 is 0 Å². The summed E-state index contributed by atoms with van der Waals surface area (Å²) in [4.78, 5) is 28.1. The lowest BCUT2D eigenvalue weighted by Crippen LogP contribution is -2.53. The Morgan fingerprint density at radius 1 is 1.02 bits per heavy atom. The smallest absolute Gasteiger partial charge is 0.262 e. The summed E-state index contributed by atoms with van der Waals surface area (Å²) < 4.78 is 52.8. The number of ether oxygens (including phenoxy) is 2. The number of para-hydroxylation sites is 2. The van der Waals surface area contributed by atoms with Crippen molar-refractivity contribution in [2.45, 2.75) is 30.3 Å². The number of sulfonamides is 1. The van der Waals surface area contributed by atoms with Gasteiger partial charge < -0.3 is 19.7 Å². The van der Waals surface area contributed by atoms with Crippen molar-refractivity contribution in [2.75, 3.05) is 38.2 Å². The van der Waals surface area contributed by atoms with Gasteiger partial charge in [-0.2, -0.15) is 4.31 Å². The zero-order valence-corrected chi connectivity index (χ0v) is 23.5. The van der Waals surface area contributed by atoms with Gasteiger partial charge in [0.15, 0.2) is 6.10 Å². The first-order chi connectivity index (χ1) is 19.8. The van der Waals surface area contributed by atoms with Crippen LogP contribution in [0.5, 0.6) is 11.5 Å². The first-order valence-corrected chi connectivity index (χ1v) is 14.9. The number of piperidine rings is 1. The van der Waals surface area contributed by atoms with Gasteiger partial charge in [-0.05, 0) is 55.2 Å². The van der Waals surface area contributed by atoms with Crippen LogP contribution in [0.1, 0.15) is 18.4 Å². The molecule has 2 aliphatic heterocycles. The molecule has 3 aromatic rings. The first kappa shape index (κ1) is 28.6. The fourth-order valence-corrected chi connectivity index (χ4v) is 6.86. The highest BCUT2D eigenvalue weighted by molar-refractivity contribution is 7.89. The highest BCUT2D eigenvalue weighted by Gasteiger charge is 2.39. The summed E-state index contributed by atoms with van der Waals surface area (Å²) >= 11 is 0. The van der Waals surface area contributed by atoms with Gasteiger partial charge in [-0.1, -0.05) is 42.5 Å². The molecule has 9 nitrogen and oxygen atoms in total. The molecule has 2 heterocycles. The summed E-state index contributed by atoms with van der Waals surface area (Å²) in [5, 5.41) is 2.91. The van der Waals surface area contributed by atoms with Gasteiger partial charge in [0, 0.05) is 25.6 Å². The minimum Gasteiger partial charge on any atom is -0.495 e. The Kier molecular flexibility index (Phi) is 8.55. The number of hydrogen-bond donors (Lipinski definition) is 1. The van der Waals surface area contributed by atoms with Crippen molar-refractivity contribution in [3.8, 4) is 11.5 Å². The van der Waals surface area contributed by atoms with Crippen molar-refractivity contribution in [3.05, 3.63) is 84.2 Å². The summed E-state index contributed by atoms with van der Waals surface area (Å²) in [6, 6.07) is 20.2. The van der Waals surface area contributed by atoms with Crippen LogP contribution in [0.15, 0.2) is 77.7 Å². The lowest BCUT2D eigenvalue weighted by Gasteiger charge is -2.38. The molecule has 1 N–H and O–H groups in total. The maximum atomic E-state index is 13.9. The third-order valence-corrected chi connectivity index (χ3v) is 9.35. The predicted octanol–water partition coefficient (Wildman–Crippen LogP) is 3.39. The summed E-state index contributed by atoms with van der Waals surface area (Å²) in [7, 11) is -2.70. The second kappa shape index (κ2) is 12.3. The Balaban J connectivity index is 1.25. The number of fused-ring (bicyclic) bond motifs is 1. The van der Waals surface area contributed by atoms with Gasteiger partial charge in [0.1, 0.15) is 22.2 Å². The summed E-state index contributed by atoms with van der Waals surface area (Å²) in [6.07, 6.45) is 0.346. The van der Waals surface area contributed by atoms with Crippen LogP contribution in [0.25, 0.3) is 0 Å². The normalized spacial score (nSPS) is 17.8. The number of nitrogens with one attached hydrogen (secondary N) is 1. The summed E-state index contributed by atoms with van der Waals surface area (Å²) in [5.74, 6) is -1.14. The monoisotopic (exact) mass is 581 g/mol. The lowest BCUT2D eigenvalue weighted by atomic mass is 9.95. The first-order valence-electron chi connectivity index (χ1n) is 13.5. The number of halogens is 1. The summed E-state index contributed by atoms with van der Waals surface area (Å²) in [6.45, 7) is 0.662. The van der Waals surface area contributed by atoms with Crippen LogP contribution in [0.3, 0.4) is 0 Å². The number of amides is 2. The number of methoxy groups -OCH3 is 1. The van der Waals surface area contributed by atoms with Crippen molar-refractivity contribution >= 4 is 27.5 Å². The van der Waals surface area contributed by atoms with Crippen LogP contribution in [0.2, 0.25) is 0 Å². The molecule has 41 heavy (non-hydrogen) atoms. The molecule has 2 aliphatic rings. The standard InChI is InChI=1S/C30H32FN3O6S/c1-39-26-12-11-23(31)19-28(26)41(37,38)33-17-14-22(15-18-33)30(36)34-20-27(40-25-10-6-5-9-24(25)34)29(35)32-16-13-21-7-3-2-4-8-21/h2-12,19,22,27H,13-18,20H2,1H3,(H,32,35)/t27-/m0/s1. The number of anilines is 1. The van der Waals surface area contributed by atoms with Crippen molar-refractivity contribution in [2.24, 2.45) is 5.92 Å². The van der Waals surface area contributed by atoms with Crippen LogP contribution in [0.4, 0.5) is 10.1 Å². The van der Waals surface area contributed by atoms with E-state index in [1.54, 1.807) is 29.2 Å². The quantitative estimate of drug-likeness (QED) is 0.437. The van der Waals surface area contributed by atoms with E-state index in [0.29, 0.717) is 24.4 Å². The Morgan fingerprint density at radius 3 is 2.46 bits per heavy atom. The number of carbonyl (C=O) groups excluding carboxylic acids is 2.